The molecule has 1 heterocycles. The van der Waals surface area contributed by atoms with Crippen molar-refractivity contribution in [2.24, 2.45) is 11.1 Å². The first-order chi connectivity index (χ1) is 7.23. The Hall–Kier alpha value is -0.610. The van der Waals surface area contributed by atoms with Gasteiger partial charge in [0.2, 0.25) is 5.91 Å². The summed E-state index contributed by atoms with van der Waals surface area (Å²) >= 11 is 0. The molecular formula is C11H20N2O2. The molecule has 2 fully saturated rings. The minimum absolute atomic E-state index is 0.105. The standard InChI is InChI=1S/C11H20N2O2/c12-10(14)11(3-1-2-4-11)9-13-5-7-15-8-6-13/h1-9H2,(H2,12,14). The molecule has 0 unspecified atom stereocenters. The number of nitrogens with zero attached hydrogens (tertiary/aromatic N) is 1. The molecule has 2 aliphatic rings. The van der Waals surface area contributed by atoms with Crippen LogP contribution in [0.3, 0.4) is 0 Å². The van der Waals surface area contributed by atoms with Gasteiger partial charge in [-0.15, -0.1) is 0 Å². The molecule has 0 radical (unpaired) electrons. The van der Waals surface area contributed by atoms with Gasteiger partial charge in [-0.3, -0.25) is 9.69 Å². The van der Waals surface area contributed by atoms with Crippen molar-refractivity contribution in [1.82, 2.24) is 4.90 Å². The van der Waals surface area contributed by atoms with Crippen molar-refractivity contribution >= 4 is 5.91 Å². The molecule has 1 amide bonds. The maximum atomic E-state index is 11.6. The van der Waals surface area contributed by atoms with Gasteiger partial charge in [-0.1, -0.05) is 12.8 Å². The number of primary amides is 1. The topological polar surface area (TPSA) is 55.6 Å². The number of carbonyl (C=O) groups excluding carboxylic acids is 1. The van der Waals surface area contributed by atoms with Crippen LogP contribution in [0.2, 0.25) is 0 Å². The lowest BCUT2D eigenvalue weighted by Crippen LogP contribution is -2.48. The summed E-state index contributed by atoms with van der Waals surface area (Å²) in [7, 11) is 0. The molecular weight excluding hydrogens is 192 g/mol. The highest BCUT2D eigenvalue weighted by molar-refractivity contribution is 5.81. The predicted molar refractivity (Wildman–Crippen MR) is 57.4 cm³/mol. The maximum Gasteiger partial charge on any atom is 0.224 e. The minimum Gasteiger partial charge on any atom is -0.379 e. The zero-order valence-electron chi connectivity index (χ0n) is 9.21. The molecule has 0 aromatic carbocycles. The second kappa shape index (κ2) is 4.49. The van der Waals surface area contributed by atoms with Crippen LogP contribution in [-0.2, 0) is 9.53 Å². The van der Waals surface area contributed by atoms with Crippen molar-refractivity contribution < 1.29 is 9.53 Å². The van der Waals surface area contributed by atoms with E-state index in [1.807, 2.05) is 0 Å². The number of hydrogen-bond acceptors (Lipinski definition) is 3. The molecule has 2 rings (SSSR count). The van der Waals surface area contributed by atoms with Gasteiger partial charge in [0.05, 0.1) is 18.6 Å². The van der Waals surface area contributed by atoms with Crippen LogP contribution >= 0.6 is 0 Å². The zero-order valence-corrected chi connectivity index (χ0v) is 9.21. The van der Waals surface area contributed by atoms with E-state index in [1.54, 1.807) is 0 Å². The van der Waals surface area contributed by atoms with E-state index in [4.69, 9.17) is 10.5 Å². The van der Waals surface area contributed by atoms with E-state index in [0.29, 0.717) is 0 Å². The second-order valence-corrected chi connectivity index (χ2v) is 4.74. The monoisotopic (exact) mass is 212 g/mol. The van der Waals surface area contributed by atoms with Gasteiger partial charge < -0.3 is 10.5 Å². The number of rotatable bonds is 3. The largest absolute Gasteiger partial charge is 0.379 e. The van der Waals surface area contributed by atoms with Crippen molar-refractivity contribution in [3.8, 4) is 0 Å². The molecule has 0 aromatic heterocycles. The molecule has 1 aliphatic carbocycles. The Bertz CT molecular complexity index is 231. The molecule has 1 aliphatic heterocycles. The summed E-state index contributed by atoms with van der Waals surface area (Å²) in [4.78, 5) is 13.9. The number of hydrogen-bond donors (Lipinski definition) is 1. The lowest BCUT2D eigenvalue weighted by molar-refractivity contribution is -0.129. The van der Waals surface area contributed by atoms with Crippen LogP contribution in [0.15, 0.2) is 0 Å². The summed E-state index contributed by atoms with van der Waals surface area (Å²) in [5.74, 6) is -0.105. The predicted octanol–water partition coefficient (Wildman–Crippen LogP) is 0.364. The lowest BCUT2D eigenvalue weighted by atomic mass is 9.84. The summed E-state index contributed by atoms with van der Waals surface area (Å²) in [6.07, 6.45) is 4.24. The van der Waals surface area contributed by atoms with Crippen molar-refractivity contribution in [3.05, 3.63) is 0 Å². The zero-order chi connectivity index (χ0) is 10.7. The molecule has 1 saturated heterocycles. The maximum absolute atomic E-state index is 11.6. The third kappa shape index (κ3) is 2.32. The van der Waals surface area contributed by atoms with E-state index in [9.17, 15) is 4.79 Å². The van der Waals surface area contributed by atoms with Gasteiger partial charge >= 0.3 is 0 Å². The highest BCUT2D eigenvalue weighted by Gasteiger charge is 2.40. The molecule has 4 heteroatoms. The summed E-state index contributed by atoms with van der Waals surface area (Å²) in [6.45, 7) is 4.29. The van der Waals surface area contributed by atoms with Gasteiger partial charge in [-0.2, -0.15) is 0 Å². The summed E-state index contributed by atoms with van der Waals surface area (Å²) in [5, 5.41) is 0. The van der Waals surface area contributed by atoms with Gasteiger partial charge in [0.15, 0.2) is 0 Å². The molecule has 0 aromatic rings. The Balaban J connectivity index is 1.96. The third-order valence-electron chi connectivity index (χ3n) is 3.71. The van der Waals surface area contributed by atoms with Crippen molar-refractivity contribution in [2.75, 3.05) is 32.8 Å². The van der Waals surface area contributed by atoms with Gasteiger partial charge in [-0.25, -0.2) is 0 Å². The molecule has 0 bridgehead atoms. The third-order valence-corrected chi connectivity index (χ3v) is 3.71. The quantitative estimate of drug-likeness (QED) is 0.735. The van der Waals surface area contributed by atoms with Crippen LogP contribution in [0, 0.1) is 5.41 Å². The molecule has 86 valence electrons. The van der Waals surface area contributed by atoms with E-state index in [2.05, 4.69) is 4.90 Å². The first-order valence-electron chi connectivity index (χ1n) is 5.83. The first kappa shape index (κ1) is 10.9. The molecule has 4 nitrogen and oxygen atoms in total. The summed E-state index contributed by atoms with van der Waals surface area (Å²) in [5.41, 5.74) is 5.31. The lowest BCUT2D eigenvalue weighted by Gasteiger charge is -2.34. The second-order valence-electron chi connectivity index (χ2n) is 4.74. The average Bonchev–Trinajstić information content (AvgIpc) is 2.69. The Morgan fingerprint density at radius 2 is 1.87 bits per heavy atom. The molecule has 2 N–H and O–H groups in total. The fourth-order valence-corrected chi connectivity index (χ4v) is 2.72. The van der Waals surface area contributed by atoms with E-state index in [-0.39, 0.29) is 11.3 Å². The number of nitrogens with two attached hydrogens (primary N) is 1. The van der Waals surface area contributed by atoms with Crippen molar-refractivity contribution in [1.29, 1.82) is 0 Å². The average molecular weight is 212 g/mol. The highest BCUT2D eigenvalue weighted by Crippen LogP contribution is 2.38. The van der Waals surface area contributed by atoms with Gasteiger partial charge in [0.25, 0.3) is 0 Å². The van der Waals surface area contributed by atoms with Crippen LogP contribution in [0.25, 0.3) is 0 Å². The van der Waals surface area contributed by atoms with Gasteiger partial charge in [-0.05, 0) is 12.8 Å². The van der Waals surface area contributed by atoms with E-state index in [1.165, 1.54) is 0 Å². The van der Waals surface area contributed by atoms with Crippen LogP contribution in [0.4, 0.5) is 0 Å². The van der Waals surface area contributed by atoms with E-state index in [0.717, 1.165) is 58.5 Å². The van der Waals surface area contributed by atoms with Crippen LogP contribution in [-0.4, -0.2) is 43.7 Å². The first-order valence-corrected chi connectivity index (χ1v) is 5.83. The number of amides is 1. The summed E-state index contributed by atoms with van der Waals surface area (Å²) < 4.78 is 5.30. The molecule has 0 atom stereocenters. The highest BCUT2D eigenvalue weighted by atomic mass is 16.5. The smallest absolute Gasteiger partial charge is 0.224 e. The molecule has 0 spiro atoms. The van der Waals surface area contributed by atoms with Gasteiger partial charge in [0.1, 0.15) is 0 Å². The Morgan fingerprint density at radius 1 is 1.27 bits per heavy atom. The Labute approximate surface area is 90.8 Å². The molecule has 15 heavy (non-hydrogen) atoms. The number of ether oxygens (including phenoxy) is 1. The van der Waals surface area contributed by atoms with Crippen molar-refractivity contribution in [2.45, 2.75) is 25.7 Å². The van der Waals surface area contributed by atoms with E-state index >= 15 is 0 Å². The number of carbonyl (C=O) groups is 1. The van der Waals surface area contributed by atoms with E-state index < -0.39 is 0 Å². The normalized spacial score (nSPS) is 26.7. The SMILES string of the molecule is NC(=O)C1(CN2CCOCC2)CCCC1. The Kier molecular flexibility index (Phi) is 3.26. The van der Waals surface area contributed by atoms with Crippen LogP contribution in [0.5, 0.6) is 0 Å². The minimum atomic E-state index is -0.239. The number of morpholine rings is 1. The Morgan fingerprint density at radius 3 is 2.40 bits per heavy atom. The van der Waals surface area contributed by atoms with Crippen LogP contribution in [0.1, 0.15) is 25.7 Å². The fraction of sp³-hybridized carbons (Fsp3) is 0.909. The fourth-order valence-electron chi connectivity index (χ4n) is 2.72. The van der Waals surface area contributed by atoms with Gasteiger partial charge in [0, 0.05) is 19.6 Å². The van der Waals surface area contributed by atoms with Crippen LogP contribution < -0.4 is 5.73 Å². The molecule has 1 saturated carbocycles. The summed E-state index contributed by atoms with van der Waals surface area (Å²) in [6, 6.07) is 0. The van der Waals surface area contributed by atoms with Crippen molar-refractivity contribution in [3.63, 3.8) is 0 Å².